The van der Waals surface area contributed by atoms with Gasteiger partial charge in [-0.25, -0.2) is 9.97 Å². The molecule has 216 valence electrons. The lowest BCUT2D eigenvalue weighted by Gasteiger charge is -2.32. The quantitative estimate of drug-likeness (QED) is 0.297. The number of carbonyl (C=O) groups excluding carboxylic acids is 1. The van der Waals surface area contributed by atoms with Crippen molar-refractivity contribution in [3.8, 4) is 11.8 Å². The summed E-state index contributed by atoms with van der Waals surface area (Å²) in [4.78, 5) is 26.7. The third-order valence-corrected chi connectivity index (χ3v) is 7.43. The average molecular weight is 563 g/mol. The molecule has 1 aliphatic rings. The van der Waals surface area contributed by atoms with E-state index in [0.717, 1.165) is 68.2 Å². The summed E-state index contributed by atoms with van der Waals surface area (Å²) in [5, 5.41) is 10.5. The maximum Gasteiger partial charge on any atom is 0.255 e. The van der Waals surface area contributed by atoms with Crippen LogP contribution in [0, 0.1) is 25.7 Å². The summed E-state index contributed by atoms with van der Waals surface area (Å²) < 4.78 is 1.88. The summed E-state index contributed by atoms with van der Waals surface area (Å²) in [7, 11) is 2.17. The predicted molar refractivity (Wildman–Crippen MR) is 167 cm³/mol. The third-order valence-electron chi connectivity index (χ3n) is 7.43. The summed E-state index contributed by atoms with van der Waals surface area (Å²) in [6, 6.07) is 11.7. The summed E-state index contributed by atoms with van der Waals surface area (Å²) >= 11 is 0. The molecule has 9 nitrogen and oxygen atoms in total. The highest BCUT2D eigenvalue weighted by Gasteiger charge is 2.15. The fraction of sp³-hybridized carbons (Fsp3) is 0.333. The van der Waals surface area contributed by atoms with Gasteiger partial charge in [0.2, 0.25) is 5.95 Å². The predicted octanol–water partition coefficient (Wildman–Crippen LogP) is 4.84. The van der Waals surface area contributed by atoms with Crippen LogP contribution in [0.1, 0.15) is 51.5 Å². The molecule has 9 heteroatoms. The van der Waals surface area contributed by atoms with Crippen LogP contribution in [0.4, 0.5) is 17.3 Å². The van der Waals surface area contributed by atoms with Gasteiger partial charge in [-0.15, -0.1) is 0 Å². The van der Waals surface area contributed by atoms with Crippen LogP contribution in [0.5, 0.6) is 0 Å². The van der Waals surface area contributed by atoms with Crippen molar-refractivity contribution in [1.29, 1.82) is 0 Å². The molecule has 1 fully saturated rings. The van der Waals surface area contributed by atoms with Crippen molar-refractivity contribution in [2.24, 2.45) is 0 Å². The number of rotatable bonds is 8. The highest BCUT2D eigenvalue weighted by atomic mass is 16.1. The Morgan fingerprint density at radius 3 is 2.45 bits per heavy atom. The fourth-order valence-electron chi connectivity index (χ4n) is 4.80. The molecule has 0 spiro atoms. The number of hydrogen-bond donors (Lipinski definition) is 2. The number of carbonyl (C=O) groups is 1. The lowest BCUT2D eigenvalue weighted by molar-refractivity contribution is 0.102. The number of amides is 1. The molecule has 0 bridgehead atoms. The van der Waals surface area contributed by atoms with Gasteiger partial charge in [0.05, 0.1) is 17.4 Å². The molecule has 0 aliphatic carbocycles. The molecule has 1 saturated heterocycles. The summed E-state index contributed by atoms with van der Waals surface area (Å²) in [6.07, 6.45) is 8.06. The van der Waals surface area contributed by atoms with E-state index in [2.05, 4.69) is 74.3 Å². The van der Waals surface area contributed by atoms with E-state index in [1.54, 1.807) is 18.6 Å². The number of aryl methyl sites for hydroxylation is 3. The van der Waals surface area contributed by atoms with Gasteiger partial charge in [0, 0.05) is 74.7 Å². The molecule has 4 aromatic rings. The first-order chi connectivity index (χ1) is 20.4. The summed E-state index contributed by atoms with van der Waals surface area (Å²) in [5.41, 5.74) is 7.12. The molecule has 2 aromatic carbocycles. The fourth-order valence-corrected chi connectivity index (χ4v) is 4.80. The van der Waals surface area contributed by atoms with Crippen LogP contribution in [0.3, 0.4) is 0 Å². The molecule has 42 heavy (non-hydrogen) atoms. The van der Waals surface area contributed by atoms with Crippen LogP contribution < -0.4 is 10.6 Å². The standard InChI is InChI=1S/C33H38N8O/c1-5-12-41-23-31(21-36-41)38-33-34-19-26(20-35-33)7-9-27-18-28(8-6-24(27)2)32(42)37-30-11-10-29(25(3)17-30)22-40-15-13-39(4)14-16-40/h6,8,10-11,17-21,23H,5,12-16,22H2,1-4H3,(H,37,42)(H,34,35,38). The van der Waals surface area contributed by atoms with Gasteiger partial charge < -0.3 is 15.5 Å². The Morgan fingerprint density at radius 1 is 0.929 bits per heavy atom. The van der Waals surface area contributed by atoms with Crippen molar-refractivity contribution in [2.75, 3.05) is 43.9 Å². The number of aromatic nitrogens is 4. The Hall–Kier alpha value is -4.52. The molecule has 0 radical (unpaired) electrons. The molecule has 1 amide bonds. The van der Waals surface area contributed by atoms with Gasteiger partial charge in [-0.2, -0.15) is 5.10 Å². The van der Waals surface area contributed by atoms with Crippen molar-refractivity contribution in [3.63, 3.8) is 0 Å². The van der Waals surface area contributed by atoms with Crippen LogP contribution in [0.15, 0.2) is 61.2 Å². The second-order valence-electron chi connectivity index (χ2n) is 10.9. The zero-order chi connectivity index (χ0) is 29.5. The van der Waals surface area contributed by atoms with Crippen LogP contribution in [0.25, 0.3) is 0 Å². The maximum absolute atomic E-state index is 13.1. The Kier molecular flexibility index (Phi) is 9.27. The van der Waals surface area contributed by atoms with E-state index in [1.807, 2.05) is 48.1 Å². The van der Waals surface area contributed by atoms with E-state index >= 15 is 0 Å². The topological polar surface area (TPSA) is 91.2 Å². The number of hydrogen-bond acceptors (Lipinski definition) is 7. The lowest BCUT2D eigenvalue weighted by atomic mass is 10.0. The van der Waals surface area contributed by atoms with Crippen LogP contribution in [-0.4, -0.2) is 68.7 Å². The maximum atomic E-state index is 13.1. The Labute approximate surface area is 248 Å². The average Bonchev–Trinajstić information content (AvgIpc) is 3.42. The molecule has 0 saturated carbocycles. The van der Waals surface area contributed by atoms with Crippen molar-refractivity contribution in [3.05, 3.63) is 94.6 Å². The normalized spacial score (nSPS) is 13.8. The van der Waals surface area contributed by atoms with Crippen molar-refractivity contribution >= 4 is 23.2 Å². The minimum atomic E-state index is -0.162. The van der Waals surface area contributed by atoms with Crippen LogP contribution >= 0.6 is 0 Å². The van der Waals surface area contributed by atoms with Gasteiger partial charge in [-0.05, 0) is 68.3 Å². The van der Waals surface area contributed by atoms with Crippen molar-refractivity contribution < 1.29 is 4.79 Å². The lowest BCUT2D eigenvalue weighted by Crippen LogP contribution is -2.43. The molecular formula is C33H38N8O. The number of nitrogens with one attached hydrogen (secondary N) is 2. The Bertz CT molecular complexity index is 1590. The Morgan fingerprint density at radius 2 is 1.71 bits per heavy atom. The molecule has 3 heterocycles. The smallest absolute Gasteiger partial charge is 0.255 e. The second-order valence-corrected chi connectivity index (χ2v) is 10.9. The van der Waals surface area contributed by atoms with Gasteiger partial charge in [0.1, 0.15) is 0 Å². The van der Waals surface area contributed by atoms with Gasteiger partial charge in [-0.3, -0.25) is 14.4 Å². The van der Waals surface area contributed by atoms with E-state index in [9.17, 15) is 4.79 Å². The van der Waals surface area contributed by atoms with Gasteiger partial charge in [-0.1, -0.05) is 30.9 Å². The Balaban J connectivity index is 1.21. The first-order valence-corrected chi connectivity index (χ1v) is 14.4. The minimum Gasteiger partial charge on any atom is -0.322 e. The number of nitrogens with zero attached hydrogens (tertiary/aromatic N) is 6. The molecule has 0 unspecified atom stereocenters. The zero-order valence-corrected chi connectivity index (χ0v) is 24.8. The molecular weight excluding hydrogens is 524 g/mol. The monoisotopic (exact) mass is 562 g/mol. The number of anilines is 3. The van der Waals surface area contributed by atoms with Gasteiger partial charge in [0.15, 0.2) is 0 Å². The molecule has 0 atom stereocenters. The number of piperazine rings is 1. The van der Waals surface area contributed by atoms with Crippen LogP contribution in [-0.2, 0) is 13.1 Å². The first kappa shape index (κ1) is 29.0. The number of likely N-dealkylation sites (N-methyl/N-ethyl adjacent to an activating group) is 1. The van der Waals surface area contributed by atoms with Gasteiger partial charge >= 0.3 is 0 Å². The van der Waals surface area contributed by atoms with E-state index in [-0.39, 0.29) is 5.91 Å². The molecule has 1 aliphatic heterocycles. The SMILES string of the molecule is CCCn1cc(Nc2ncc(C#Cc3cc(C(=O)Nc4ccc(CN5CCN(C)CC5)c(C)c4)ccc3C)cn2)cn1. The van der Waals surface area contributed by atoms with E-state index in [4.69, 9.17) is 0 Å². The minimum absolute atomic E-state index is 0.162. The van der Waals surface area contributed by atoms with Crippen molar-refractivity contribution in [1.82, 2.24) is 29.5 Å². The molecule has 2 N–H and O–H groups in total. The number of benzene rings is 2. The van der Waals surface area contributed by atoms with Gasteiger partial charge in [0.25, 0.3) is 5.91 Å². The molecule has 5 rings (SSSR count). The summed E-state index contributed by atoms with van der Waals surface area (Å²) in [6.45, 7) is 12.3. The first-order valence-electron chi connectivity index (χ1n) is 14.4. The van der Waals surface area contributed by atoms with E-state index in [0.29, 0.717) is 17.1 Å². The zero-order valence-electron chi connectivity index (χ0n) is 24.8. The highest BCUT2D eigenvalue weighted by Crippen LogP contribution is 2.19. The highest BCUT2D eigenvalue weighted by molar-refractivity contribution is 6.04. The molecule has 2 aromatic heterocycles. The van der Waals surface area contributed by atoms with E-state index < -0.39 is 0 Å². The third kappa shape index (κ3) is 7.60. The van der Waals surface area contributed by atoms with Crippen molar-refractivity contribution in [2.45, 2.75) is 40.3 Å². The van der Waals surface area contributed by atoms with E-state index in [1.165, 1.54) is 11.1 Å². The largest absolute Gasteiger partial charge is 0.322 e. The summed E-state index contributed by atoms with van der Waals surface area (Å²) in [5.74, 6) is 6.62. The van der Waals surface area contributed by atoms with Crippen LogP contribution in [0.2, 0.25) is 0 Å². The second kappa shape index (κ2) is 13.4.